The van der Waals surface area contributed by atoms with E-state index in [2.05, 4.69) is 19.4 Å². The Morgan fingerprint density at radius 2 is 1.05 bits per heavy atom. The third-order valence-corrected chi connectivity index (χ3v) is 17.9. The number of fused-ring (bicyclic) bond motifs is 12. The summed E-state index contributed by atoms with van der Waals surface area (Å²) in [6, 6.07) is 6.40. The van der Waals surface area contributed by atoms with Gasteiger partial charge in [-0.05, 0) is 86.8 Å². The first-order valence-corrected chi connectivity index (χ1v) is 26.9. The number of Topliss-reactive ketones (excluding diaryl/α,β-unsaturated/α-hetero) is 2. The molecule has 22 heteroatoms. The molecule has 2 aromatic rings. The third-order valence-electron chi connectivity index (χ3n) is 14.2. The monoisotopic (exact) mass is 953 g/mol. The Kier molecular flexibility index (Phi) is 10.4. The van der Waals surface area contributed by atoms with Crippen LogP contribution in [0.5, 0.6) is 0 Å². The molecule has 348 valence electrons. The molecule has 0 aromatic heterocycles. The highest BCUT2D eigenvalue weighted by atomic mass is 32.2. The van der Waals surface area contributed by atoms with Gasteiger partial charge in [-0.3, -0.25) is 19.2 Å². The number of ether oxygens (including phenoxy) is 2. The standard InChI is InChI=1S/C43H51N7O12S3/c1-20(2)14-16-48-36-28-12-10-26(61-28)32(36)38(51)34(42(48)53)40-44-24-8-6-22(18-30(24)64(57,58)46-40)50(63(5,55)56)23-7-9-25-31(19-23)65(59,60)47-41(45-25)35-39(52)33-27-11-13-29(62-27)37(33)49(43(35)54)17-15-21(3)4/h6-9,18-21,26-29,32-37H,10-17H2,1-5H3,(H,44,46)(H,45,47). The molecular weight excluding hydrogens is 903 g/mol. The Morgan fingerprint density at radius 3 is 1.42 bits per heavy atom. The van der Waals surface area contributed by atoms with Gasteiger partial charge in [0.05, 0.1) is 77.3 Å². The second-order valence-electron chi connectivity index (χ2n) is 19.3. The number of rotatable bonds is 11. The van der Waals surface area contributed by atoms with Gasteiger partial charge in [-0.2, -0.15) is 16.8 Å². The molecule has 8 aliphatic rings. The molecule has 0 spiro atoms. The molecule has 10 unspecified atom stereocenters. The third kappa shape index (κ3) is 7.11. The molecule has 10 rings (SSSR count). The summed E-state index contributed by atoms with van der Waals surface area (Å²) in [5, 5.41) is 5.79. The second kappa shape index (κ2) is 15.4. The number of carbonyl (C=O) groups excluding carboxylic acids is 4. The van der Waals surface area contributed by atoms with Crippen LogP contribution in [0, 0.1) is 35.5 Å². The summed E-state index contributed by atoms with van der Waals surface area (Å²) in [5.74, 6) is -6.58. The van der Waals surface area contributed by atoms with E-state index >= 15 is 0 Å². The molecule has 8 heterocycles. The van der Waals surface area contributed by atoms with Crippen LogP contribution in [0.1, 0.15) is 66.2 Å². The number of benzene rings is 2. The van der Waals surface area contributed by atoms with E-state index in [0.29, 0.717) is 38.8 Å². The summed E-state index contributed by atoms with van der Waals surface area (Å²) in [4.78, 5) is 59.0. The molecule has 10 atom stereocenters. The summed E-state index contributed by atoms with van der Waals surface area (Å²) in [6.07, 6.45) is 3.57. The van der Waals surface area contributed by atoms with Gasteiger partial charge >= 0.3 is 0 Å². The van der Waals surface area contributed by atoms with Gasteiger partial charge in [0.15, 0.2) is 23.4 Å². The van der Waals surface area contributed by atoms with Crippen molar-refractivity contribution in [3.05, 3.63) is 36.4 Å². The van der Waals surface area contributed by atoms with E-state index in [1.54, 1.807) is 9.80 Å². The van der Waals surface area contributed by atoms with Gasteiger partial charge in [-0.1, -0.05) is 27.7 Å². The number of nitrogens with one attached hydrogen (secondary N) is 2. The van der Waals surface area contributed by atoms with Gasteiger partial charge in [-0.15, -0.1) is 8.80 Å². The minimum absolute atomic E-state index is 0.0511. The molecule has 2 N–H and O–H groups in total. The summed E-state index contributed by atoms with van der Waals surface area (Å²) in [6.45, 7) is 8.80. The zero-order valence-corrected chi connectivity index (χ0v) is 38.9. The van der Waals surface area contributed by atoms with Crippen molar-refractivity contribution in [1.29, 1.82) is 0 Å². The van der Waals surface area contributed by atoms with Crippen LogP contribution in [-0.4, -0.2) is 126 Å². The molecule has 0 aliphatic carbocycles. The number of anilines is 4. The maximum Gasteiger partial charge on any atom is 0.286 e. The Bertz CT molecular complexity index is 2670. The normalized spacial score (nSPS) is 32.7. The highest BCUT2D eigenvalue weighted by Gasteiger charge is 2.63. The molecule has 6 fully saturated rings. The first kappa shape index (κ1) is 44.1. The van der Waals surface area contributed by atoms with Crippen LogP contribution in [-0.2, 0) is 58.7 Å². The van der Waals surface area contributed by atoms with E-state index in [1.807, 2.05) is 27.7 Å². The zero-order valence-electron chi connectivity index (χ0n) is 36.4. The number of piperidine rings is 2. The minimum atomic E-state index is -4.67. The van der Waals surface area contributed by atoms with E-state index in [0.717, 1.165) is 35.5 Å². The fraction of sp³-hybridized carbons (Fsp3) is 0.581. The minimum Gasteiger partial charge on any atom is -0.372 e. The average Bonchev–Trinajstić information content (AvgIpc) is 4.03. The molecule has 2 aromatic carbocycles. The number of hydrogen-bond acceptors (Lipinski definition) is 14. The number of hydrogen-bond donors (Lipinski definition) is 2. The number of nitrogens with zero attached hydrogens (tertiary/aromatic N) is 5. The number of likely N-dealkylation sites (tertiary alicyclic amines) is 2. The fourth-order valence-corrected chi connectivity index (χ4v) is 14.6. The van der Waals surface area contributed by atoms with Gasteiger partial charge in [0.25, 0.3) is 20.0 Å². The first-order chi connectivity index (χ1) is 30.6. The van der Waals surface area contributed by atoms with E-state index in [-0.39, 0.29) is 58.5 Å². The van der Waals surface area contributed by atoms with Crippen molar-refractivity contribution < 1.29 is 53.9 Å². The van der Waals surface area contributed by atoms with Crippen molar-refractivity contribution in [1.82, 2.24) is 9.80 Å². The lowest BCUT2D eigenvalue weighted by atomic mass is 9.73. The first-order valence-electron chi connectivity index (χ1n) is 22.2. The quantitative estimate of drug-likeness (QED) is 0.308. The van der Waals surface area contributed by atoms with E-state index < -0.39 is 111 Å². The molecule has 0 saturated carbocycles. The zero-order chi connectivity index (χ0) is 46.2. The predicted molar refractivity (Wildman–Crippen MR) is 236 cm³/mol. The highest BCUT2D eigenvalue weighted by Crippen LogP contribution is 2.49. The van der Waals surface area contributed by atoms with Crippen LogP contribution in [0.3, 0.4) is 0 Å². The largest absolute Gasteiger partial charge is 0.372 e. The van der Waals surface area contributed by atoms with E-state index in [1.165, 1.54) is 24.3 Å². The molecule has 6 saturated heterocycles. The van der Waals surface area contributed by atoms with Crippen molar-refractivity contribution in [3.8, 4) is 0 Å². The molecule has 4 bridgehead atoms. The lowest BCUT2D eigenvalue weighted by molar-refractivity contribution is -0.152. The summed E-state index contributed by atoms with van der Waals surface area (Å²) in [5.41, 5.74) is -0.501. The Balaban J connectivity index is 0.947. The molecule has 19 nitrogen and oxygen atoms in total. The van der Waals surface area contributed by atoms with Crippen LogP contribution < -0.4 is 14.9 Å². The van der Waals surface area contributed by atoms with Crippen LogP contribution >= 0.6 is 0 Å². The maximum absolute atomic E-state index is 14.2. The van der Waals surface area contributed by atoms with Gasteiger partial charge in [0.1, 0.15) is 21.5 Å². The summed E-state index contributed by atoms with van der Waals surface area (Å²) >= 11 is 0. The molecule has 8 aliphatic heterocycles. The number of amidine groups is 2. The summed E-state index contributed by atoms with van der Waals surface area (Å²) < 4.78 is 104. The smallest absolute Gasteiger partial charge is 0.286 e. The van der Waals surface area contributed by atoms with Gasteiger partial charge in [-0.25, -0.2) is 12.7 Å². The van der Waals surface area contributed by atoms with Crippen molar-refractivity contribution >= 4 is 87.9 Å². The van der Waals surface area contributed by atoms with Crippen molar-refractivity contribution in [2.45, 2.75) is 113 Å². The summed E-state index contributed by atoms with van der Waals surface area (Å²) in [7, 11) is -13.7. The Labute approximate surface area is 377 Å². The van der Waals surface area contributed by atoms with E-state index in [4.69, 9.17) is 9.47 Å². The van der Waals surface area contributed by atoms with Crippen LogP contribution in [0.25, 0.3) is 0 Å². The van der Waals surface area contributed by atoms with Crippen LogP contribution in [0.4, 0.5) is 22.7 Å². The Hall–Kier alpha value is -4.77. The van der Waals surface area contributed by atoms with Crippen LogP contribution in [0.2, 0.25) is 0 Å². The SMILES string of the molecule is CC(C)CCN1C(=O)C(C2=NS(=O)(=O)c3cc(N(c4ccc5c(c4)S(=O)(=O)N=C(C4C(=O)C6C7CCC(O7)C6N(CCC(C)C)C4=O)N5)S(C)(=O)=O)ccc3N2)C(=O)C2C3CCC(O3)C21. The van der Waals surface area contributed by atoms with Gasteiger partial charge in [0.2, 0.25) is 21.8 Å². The average molecular weight is 954 g/mol. The van der Waals surface area contributed by atoms with Crippen molar-refractivity contribution in [3.63, 3.8) is 0 Å². The van der Waals surface area contributed by atoms with E-state index in [9.17, 15) is 44.4 Å². The molecular formula is C43H51N7O12S3. The lowest BCUT2D eigenvalue weighted by Gasteiger charge is -2.44. The fourth-order valence-electron chi connectivity index (χ4n) is 11.2. The Morgan fingerprint density at radius 1 is 0.662 bits per heavy atom. The van der Waals surface area contributed by atoms with Crippen molar-refractivity contribution in [2.24, 2.45) is 44.3 Å². The van der Waals surface area contributed by atoms with Crippen LogP contribution in [0.15, 0.2) is 55.0 Å². The topological polar surface area (TPSA) is 248 Å². The molecule has 0 radical (unpaired) electrons. The predicted octanol–water partition coefficient (Wildman–Crippen LogP) is 3.05. The second-order valence-corrected chi connectivity index (χ2v) is 24.2. The molecule has 65 heavy (non-hydrogen) atoms. The number of ketones is 2. The maximum atomic E-state index is 14.2. The number of sulfonamides is 3. The van der Waals surface area contributed by atoms with Gasteiger partial charge < -0.3 is 29.9 Å². The van der Waals surface area contributed by atoms with Crippen molar-refractivity contribution in [2.75, 3.05) is 34.3 Å². The highest BCUT2D eigenvalue weighted by molar-refractivity contribution is 7.92. The van der Waals surface area contributed by atoms with Gasteiger partial charge in [0, 0.05) is 13.1 Å². The number of carbonyl (C=O) groups is 4. The number of amides is 2. The molecule has 2 amide bonds. The lowest BCUT2D eigenvalue weighted by Crippen LogP contribution is -2.63.